The van der Waals surface area contributed by atoms with Gasteiger partial charge in [-0.3, -0.25) is 4.79 Å². The van der Waals surface area contributed by atoms with Gasteiger partial charge in [0.2, 0.25) is 56.3 Å². The number of sulfone groups is 4. The van der Waals surface area contributed by atoms with Crippen molar-refractivity contribution in [3.8, 4) is 5.75 Å². The number of carbonyl (C=O) groups excluding carboxylic acids is 1. The standard InChI is InChI=1S/C14H9Br3O3S.C13H8Br3ClO4S2.C11H7Br3O2S.C7H6Br3NO2S/c15-14(16,17)21(19,20)12-8-6-11(7-9-12)13(18)10-4-2-1-3-5-10;14-13(15,16)23(19,20)12-7-6-9(8-11(12)17)21-22(18)10-4-2-1-3-5-10;12-11(13,14)17(15,16)10-6-5-8-3-1-2-4-9(8)7-10;1-5-2-3-6(11-4-5)14(12,13)7(8,9)10/h1-9H;1-8H;1-7H;2-4H,1H3. The van der Waals surface area contributed by atoms with Crippen LogP contribution in [0.4, 0.5) is 0 Å². The maximum Gasteiger partial charge on any atom is 0.240 e. The van der Waals surface area contributed by atoms with Crippen molar-refractivity contribution in [2.24, 2.45) is 0 Å². The molecule has 402 valence electrons. The summed E-state index contributed by atoms with van der Waals surface area (Å²) in [6, 6.07) is 43.0. The van der Waals surface area contributed by atoms with E-state index in [0.717, 1.165) is 16.3 Å². The lowest BCUT2D eigenvalue weighted by Gasteiger charge is -2.15. The van der Waals surface area contributed by atoms with Crippen LogP contribution in [-0.4, -0.2) is 54.5 Å². The van der Waals surface area contributed by atoms with E-state index >= 15 is 0 Å². The smallest absolute Gasteiger partial charge is 0.240 e. The van der Waals surface area contributed by atoms with Gasteiger partial charge in [0.25, 0.3) is 0 Å². The number of hydrogen-bond acceptors (Lipinski definition) is 12. The van der Waals surface area contributed by atoms with E-state index < -0.39 is 56.3 Å². The molecule has 1 heterocycles. The van der Waals surface area contributed by atoms with Crippen LogP contribution in [0, 0.1) is 6.92 Å². The van der Waals surface area contributed by atoms with Gasteiger partial charge in [0.05, 0.1) is 24.6 Å². The van der Waals surface area contributed by atoms with Gasteiger partial charge in [0, 0.05) is 23.4 Å². The second-order valence-electron chi connectivity index (χ2n) is 14.4. The highest BCUT2D eigenvalue weighted by Crippen LogP contribution is 2.47. The lowest BCUT2D eigenvalue weighted by atomic mass is 10.0. The number of fused-ring (bicyclic) bond motifs is 1. The highest BCUT2D eigenvalue weighted by molar-refractivity contribution is 9.43. The summed E-state index contributed by atoms with van der Waals surface area (Å²) < 4.78 is 109. The third kappa shape index (κ3) is 18.3. The molecular weight excluding hydrogens is 1890 g/mol. The molecule has 7 aromatic rings. The van der Waals surface area contributed by atoms with Crippen molar-refractivity contribution >= 4 is 270 Å². The summed E-state index contributed by atoms with van der Waals surface area (Å²) in [4.78, 5) is 16.8. The van der Waals surface area contributed by atoms with Crippen molar-refractivity contribution in [1.29, 1.82) is 0 Å². The van der Waals surface area contributed by atoms with Crippen LogP contribution >= 0.6 is 203 Å². The first-order valence-corrected chi connectivity index (χ1v) is 36.6. The van der Waals surface area contributed by atoms with Gasteiger partial charge in [0.1, 0.15) is 5.75 Å². The Labute approximate surface area is 542 Å². The number of nitrogens with zero attached hydrogens (tertiary/aromatic N) is 1. The summed E-state index contributed by atoms with van der Waals surface area (Å²) >= 11 is 40.2. The molecule has 1 atom stereocenters. The van der Waals surface area contributed by atoms with E-state index in [0.29, 0.717) is 16.0 Å². The normalized spacial score (nSPS) is 12.9. The van der Waals surface area contributed by atoms with Crippen molar-refractivity contribution in [2.45, 2.75) is 37.4 Å². The van der Waals surface area contributed by atoms with Gasteiger partial charge in [-0.05, 0) is 281 Å². The molecule has 6 aromatic carbocycles. The average molecular weight is 1920 g/mol. The van der Waals surface area contributed by atoms with Crippen LogP contribution in [-0.2, 0) is 50.4 Å². The zero-order valence-corrected chi connectivity index (χ0v) is 60.9. The summed E-state index contributed by atoms with van der Waals surface area (Å²) in [7, 11) is -14.5. The van der Waals surface area contributed by atoms with Crippen LogP contribution < -0.4 is 4.18 Å². The molecular formula is C45H30Br12ClNO11S5. The predicted molar refractivity (Wildman–Crippen MR) is 341 cm³/mol. The van der Waals surface area contributed by atoms with Gasteiger partial charge in [-0.2, -0.15) is 0 Å². The molecule has 0 saturated carbocycles. The largest absolute Gasteiger partial charge is 0.397 e. The van der Waals surface area contributed by atoms with Crippen molar-refractivity contribution in [2.75, 3.05) is 0 Å². The Kier molecular flexibility index (Phi) is 25.3. The molecule has 1 aromatic heterocycles. The summed E-state index contributed by atoms with van der Waals surface area (Å²) in [6.45, 7) is 1.84. The molecule has 0 spiro atoms. The molecule has 0 aliphatic rings. The van der Waals surface area contributed by atoms with Crippen molar-refractivity contribution in [3.63, 3.8) is 0 Å². The Hall–Kier alpha value is 0.200. The monoisotopic (exact) mass is 1900 g/mol. The minimum absolute atomic E-state index is 0.00808. The molecule has 0 fully saturated rings. The van der Waals surface area contributed by atoms with Crippen LogP contribution in [0.25, 0.3) is 10.8 Å². The summed E-state index contributed by atoms with van der Waals surface area (Å²) in [5.41, 5.74) is 1.90. The number of aryl methyl sites for hydroxylation is 1. The minimum atomic E-state index is -3.82. The second kappa shape index (κ2) is 28.0. The lowest BCUT2D eigenvalue weighted by Crippen LogP contribution is -2.18. The fraction of sp³-hybridized carbons (Fsp3) is 0.111. The number of carbonyl (C=O) groups is 1. The number of aromatic nitrogens is 1. The first-order chi connectivity index (χ1) is 34.4. The summed E-state index contributed by atoms with van der Waals surface area (Å²) in [5, 5.41) is 1.87. The Morgan fingerprint density at radius 3 is 1.43 bits per heavy atom. The topological polar surface area (TPSA) is 193 Å². The Morgan fingerprint density at radius 2 is 0.947 bits per heavy atom. The maximum absolute atomic E-state index is 12.3. The quantitative estimate of drug-likeness (QED) is 0.0982. The highest BCUT2D eigenvalue weighted by Gasteiger charge is 2.41. The van der Waals surface area contributed by atoms with E-state index in [4.69, 9.17) is 15.8 Å². The highest BCUT2D eigenvalue weighted by atomic mass is 80.0. The Bertz CT molecular complexity index is 3620. The number of halogens is 13. The molecule has 7 rings (SSSR count). The van der Waals surface area contributed by atoms with Gasteiger partial charge < -0.3 is 4.18 Å². The number of ketones is 1. The fourth-order valence-corrected chi connectivity index (χ4v) is 16.1. The molecule has 0 bridgehead atoms. The van der Waals surface area contributed by atoms with Crippen LogP contribution in [0.1, 0.15) is 21.5 Å². The van der Waals surface area contributed by atoms with Gasteiger partial charge in [0.15, 0.2) is 10.8 Å². The zero-order chi connectivity index (χ0) is 56.6. The molecule has 0 saturated heterocycles. The van der Waals surface area contributed by atoms with Crippen LogP contribution in [0.3, 0.4) is 0 Å². The first-order valence-electron chi connectivity index (χ1n) is 19.7. The van der Waals surface area contributed by atoms with E-state index in [2.05, 4.69) is 196 Å². The SMILES string of the molecule is Cc1ccc(S(=O)(=O)C(Br)(Br)Br)nc1.O=C(c1ccccc1)c1ccc(S(=O)(=O)C(Br)(Br)Br)cc1.O=S(=O)(c1ccc2ccccc2c1)C(Br)(Br)Br.O=S(Oc1ccc(S(=O)(=O)C(Br)(Br)Br)c(Cl)c1)c1ccccc1. The number of benzene rings is 6. The summed E-state index contributed by atoms with van der Waals surface area (Å²) in [6.07, 6.45) is 1.51. The Balaban J connectivity index is 0.000000220. The van der Waals surface area contributed by atoms with E-state index in [1.807, 2.05) is 37.3 Å². The molecule has 75 heavy (non-hydrogen) atoms. The van der Waals surface area contributed by atoms with Crippen molar-refractivity contribution in [1.82, 2.24) is 4.98 Å². The lowest BCUT2D eigenvalue weighted by molar-refractivity contribution is 0.103. The van der Waals surface area contributed by atoms with Crippen LogP contribution in [0.2, 0.25) is 5.02 Å². The maximum atomic E-state index is 12.3. The molecule has 0 radical (unpaired) electrons. The van der Waals surface area contributed by atoms with Gasteiger partial charge in [-0.25, -0.2) is 42.9 Å². The van der Waals surface area contributed by atoms with Gasteiger partial charge in [-0.1, -0.05) is 96.5 Å². The van der Waals surface area contributed by atoms with E-state index in [-0.39, 0.29) is 36.3 Å². The molecule has 12 nitrogen and oxygen atoms in total. The third-order valence-electron chi connectivity index (χ3n) is 9.17. The van der Waals surface area contributed by atoms with Crippen LogP contribution in [0.5, 0.6) is 5.75 Å². The number of hydrogen-bond donors (Lipinski definition) is 0. The average Bonchev–Trinajstić information content (AvgIpc) is 3.33. The van der Waals surface area contributed by atoms with Gasteiger partial charge >= 0.3 is 0 Å². The second-order valence-corrected chi connectivity index (χ2v) is 57.6. The van der Waals surface area contributed by atoms with E-state index in [1.165, 1.54) is 54.7 Å². The number of alkyl halides is 12. The van der Waals surface area contributed by atoms with Crippen LogP contribution in [0.15, 0.2) is 189 Å². The first kappa shape index (κ1) is 67.7. The Morgan fingerprint density at radius 1 is 0.493 bits per heavy atom. The predicted octanol–water partition coefficient (Wildman–Crippen LogP) is 16.9. The summed E-state index contributed by atoms with van der Waals surface area (Å²) in [5.74, 6) is 0.0443. The van der Waals surface area contributed by atoms with Crippen molar-refractivity contribution < 1.29 is 46.9 Å². The van der Waals surface area contributed by atoms with E-state index in [1.54, 1.807) is 78.9 Å². The molecule has 1 unspecified atom stereocenters. The fourth-order valence-electron chi connectivity index (χ4n) is 5.42. The molecule has 0 amide bonds. The third-order valence-corrected chi connectivity index (χ3v) is 31.9. The minimum Gasteiger partial charge on any atom is -0.397 e. The molecule has 0 aliphatic heterocycles. The van der Waals surface area contributed by atoms with Gasteiger partial charge in [-0.15, -0.1) is 0 Å². The molecule has 30 heteroatoms. The molecule has 0 aliphatic carbocycles. The van der Waals surface area contributed by atoms with Crippen molar-refractivity contribution in [3.05, 3.63) is 186 Å². The number of rotatable bonds is 9. The molecule has 0 N–H and O–H groups in total. The number of pyridine rings is 1. The zero-order valence-electron chi connectivity index (χ0n) is 37.0. The van der Waals surface area contributed by atoms with E-state index in [9.17, 15) is 42.7 Å².